The van der Waals surface area contributed by atoms with Crippen molar-refractivity contribution in [3.8, 4) is 0 Å². The van der Waals surface area contributed by atoms with Gasteiger partial charge in [0.1, 0.15) is 0 Å². The number of unbranched alkanes of at least 4 members (excludes halogenated alkanes) is 9. The summed E-state index contributed by atoms with van der Waals surface area (Å²) in [4.78, 5) is 0. The lowest BCUT2D eigenvalue weighted by Crippen LogP contribution is -2.03. The smallest absolute Gasteiger partial charge is 0.0433 e. The Morgan fingerprint density at radius 1 is 0.550 bits per heavy atom. The van der Waals surface area contributed by atoms with Gasteiger partial charge in [0.25, 0.3) is 0 Å². The minimum Gasteiger partial charge on any atom is -0.396 e. The van der Waals surface area contributed by atoms with Gasteiger partial charge in [-0.2, -0.15) is 0 Å². The first-order valence-corrected chi connectivity index (χ1v) is 9.06. The van der Waals surface area contributed by atoms with Crippen LogP contribution in [0.5, 0.6) is 0 Å². The minimum absolute atomic E-state index is 0.348. The first-order valence-electron chi connectivity index (χ1n) is 9.06. The Morgan fingerprint density at radius 2 is 1.05 bits per heavy atom. The molecule has 0 amide bonds. The zero-order valence-corrected chi connectivity index (χ0v) is 13.8. The van der Waals surface area contributed by atoms with Crippen LogP contribution < -0.4 is 0 Å². The molecule has 0 aliphatic heterocycles. The SMILES string of the molecule is CCCCCCC(CCO)CCCCCCCCCO. The summed E-state index contributed by atoms with van der Waals surface area (Å²) in [6.45, 7) is 2.96. The van der Waals surface area contributed by atoms with E-state index in [4.69, 9.17) is 10.2 Å². The lowest BCUT2D eigenvalue weighted by atomic mass is 9.92. The maximum atomic E-state index is 9.14. The second-order valence-electron chi connectivity index (χ2n) is 6.21. The monoisotopic (exact) mass is 286 g/mol. The Kier molecular flexibility index (Phi) is 16.9. The van der Waals surface area contributed by atoms with E-state index in [9.17, 15) is 0 Å². The molecule has 2 heteroatoms. The molecule has 0 aliphatic rings. The van der Waals surface area contributed by atoms with Crippen LogP contribution in [0.2, 0.25) is 0 Å². The highest BCUT2D eigenvalue weighted by atomic mass is 16.3. The average molecular weight is 286 g/mol. The molecule has 0 bridgehead atoms. The molecule has 0 aromatic carbocycles. The number of aliphatic hydroxyl groups excluding tert-OH is 2. The highest BCUT2D eigenvalue weighted by molar-refractivity contribution is 4.60. The van der Waals surface area contributed by atoms with E-state index in [0.29, 0.717) is 13.2 Å². The third-order valence-electron chi connectivity index (χ3n) is 4.27. The first kappa shape index (κ1) is 19.9. The summed E-state index contributed by atoms with van der Waals surface area (Å²) >= 11 is 0. The predicted molar refractivity (Wildman–Crippen MR) is 88.0 cm³/mol. The van der Waals surface area contributed by atoms with Crippen molar-refractivity contribution in [2.24, 2.45) is 5.92 Å². The van der Waals surface area contributed by atoms with Crippen molar-refractivity contribution < 1.29 is 10.2 Å². The molecule has 0 aliphatic carbocycles. The minimum atomic E-state index is 0.348. The molecular weight excluding hydrogens is 248 g/mol. The predicted octanol–water partition coefficient (Wildman–Crippen LogP) is 5.07. The molecule has 20 heavy (non-hydrogen) atoms. The molecule has 0 radical (unpaired) electrons. The fourth-order valence-corrected chi connectivity index (χ4v) is 2.90. The van der Waals surface area contributed by atoms with E-state index in [-0.39, 0.29) is 0 Å². The molecule has 2 nitrogen and oxygen atoms in total. The standard InChI is InChI=1S/C18H38O2/c1-2-3-4-10-13-18(15-17-20)14-11-8-6-5-7-9-12-16-19/h18-20H,2-17H2,1H3. The summed E-state index contributed by atoms with van der Waals surface area (Å²) in [5, 5.41) is 17.8. The third kappa shape index (κ3) is 14.3. The molecule has 122 valence electrons. The van der Waals surface area contributed by atoms with Gasteiger partial charge in [-0.15, -0.1) is 0 Å². The van der Waals surface area contributed by atoms with Gasteiger partial charge in [-0.3, -0.25) is 0 Å². The molecule has 0 rings (SSSR count). The Bertz CT molecular complexity index is 171. The zero-order valence-electron chi connectivity index (χ0n) is 13.8. The normalized spacial score (nSPS) is 12.8. The van der Waals surface area contributed by atoms with Crippen molar-refractivity contribution in [1.29, 1.82) is 0 Å². The molecule has 1 unspecified atom stereocenters. The van der Waals surface area contributed by atoms with Gasteiger partial charge in [-0.25, -0.2) is 0 Å². The van der Waals surface area contributed by atoms with E-state index in [1.165, 1.54) is 77.0 Å². The average Bonchev–Trinajstić information content (AvgIpc) is 2.46. The Labute approximate surface area is 127 Å². The van der Waals surface area contributed by atoms with Crippen molar-refractivity contribution in [1.82, 2.24) is 0 Å². The van der Waals surface area contributed by atoms with E-state index in [0.717, 1.165) is 18.8 Å². The van der Waals surface area contributed by atoms with Crippen LogP contribution in [0.4, 0.5) is 0 Å². The molecule has 0 aromatic rings. The Balaban J connectivity index is 3.40. The van der Waals surface area contributed by atoms with E-state index in [2.05, 4.69) is 6.92 Å². The van der Waals surface area contributed by atoms with Crippen LogP contribution in [0, 0.1) is 5.92 Å². The summed E-state index contributed by atoms with van der Waals surface area (Å²) in [6, 6.07) is 0. The highest BCUT2D eigenvalue weighted by Crippen LogP contribution is 2.21. The van der Waals surface area contributed by atoms with Gasteiger partial charge in [0, 0.05) is 13.2 Å². The molecule has 1 atom stereocenters. The maximum Gasteiger partial charge on any atom is 0.0433 e. The number of hydrogen-bond acceptors (Lipinski definition) is 2. The molecule has 0 saturated carbocycles. The third-order valence-corrected chi connectivity index (χ3v) is 4.27. The van der Waals surface area contributed by atoms with Crippen LogP contribution >= 0.6 is 0 Å². The molecular formula is C18H38O2. The number of hydrogen-bond donors (Lipinski definition) is 2. The van der Waals surface area contributed by atoms with E-state index in [1.807, 2.05) is 0 Å². The van der Waals surface area contributed by atoms with Crippen LogP contribution in [-0.4, -0.2) is 23.4 Å². The van der Waals surface area contributed by atoms with Crippen molar-refractivity contribution in [2.75, 3.05) is 13.2 Å². The molecule has 0 aromatic heterocycles. The largest absolute Gasteiger partial charge is 0.396 e. The topological polar surface area (TPSA) is 40.5 Å². The van der Waals surface area contributed by atoms with Crippen LogP contribution in [0.25, 0.3) is 0 Å². The number of rotatable bonds is 16. The van der Waals surface area contributed by atoms with Crippen LogP contribution in [0.1, 0.15) is 96.8 Å². The second kappa shape index (κ2) is 17.0. The molecule has 0 heterocycles. The van der Waals surface area contributed by atoms with Gasteiger partial charge in [-0.05, 0) is 18.8 Å². The van der Waals surface area contributed by atoms with Gasteiger partial charge in [0.15, 0.2) is 0 Å². The Morgan fingerprint density at radius 3 is 1.55 bits per heavy atom. The van der Waals surface area contributed by atoms with Gasteiger partial charge in [-0.1, -0.05) is 84.0 Å². The van der Waals surface area contributed by atoms with E-state index < -0.39 is 0 Å². The summed E-state index contributed by atoms with van der Waals surface area (Å²) in [5.74, 6) is 0.756. The maximum absolute atomic E-state index is 9.14. The quantitative estimate of drug-likeness (QED) is 0.389. The summed E-state index contributed by atoms with van der Waals surface area (Å²) in [7, 11) is 0. The van der Waals surface area contributed by atoms with Crippen molar-refractivity contribution >= 4 is 0 Å². The number of aliphatic hydroxyl groups is 2. The summed E-state index contributed by atoms with van der Waals surface area (Å²) in [5.41, 5.74) is 0. The van der Waals surface area contributed by atoms with Crippen LogP contribution in [0.15, 0.2) is 0 Å². The Hall–Kier alpha value is -0.0800. The van der Waals surface area contributed by atoms with Gasteiger partial charge < -0.3 is 10.2 Å². The van der Waals surface area contributed by atoms with Gasteiger partial charge in [0.05, 0.1) is 0 Å². The fourth-order valence-electron chi connectivity index (χ4n) is 2.90. The molecule has 0 fully saturated rings. The summed E-state index contributed by atoms with van der Waals surface area (Å²) < 4.78 is 0. The molecule has 2 N–H and O–H groups in total. The van der Waals surface area contributed by atoms with Gasteiger partial charge in [0.2, 0.25) is 0 Å². The zero-order chi connectivity index (χ0) is 14.9. The van der Waals surface area contributed by atoms with Crippen molar-refractivity contribution in [2.45, 2.75) is 96.8 Å². The lowest BCUT2D eigenvalue weighted by molar-refractivity contribution is 0.241. The van der Waals surface area contributed by atoms with E-state index >= 15 is 0 Å². The highest BCUT2D eigenvalue weighted by Gasteiger charge is 2.07. The lowest BCUT2D eigenvalue weighted by Gasteiger charge is -2.15. The van der Waals surface area contributed by atoms with Crippen molar-refractivity contribution in [3.05, 3.63) is 0 Å². The van der Waals surface area contributed by atoms with Gasteiger partial charge >= 0.3 is 0 Å². The summed E-state index contributed by atoms with van der Waals surface area (Å²) in [6.07, 6.45) is 17.8. The molecule has 0 saturated heterocycles. The first-order chi connectivity index (χ1) is 9.85. The second-order valence-corrected chi connectivity index (χ2v) is 6.21. The fraction of sp³-hybridized carbons (Fsp3) is 1.00. The van der Waals surface area contributed by atoms with Crippen LogP contribution in [0.3, 0.4) is 0 Å². The van der Waals surface area contributed by atoms with Crippen LogP contribution in [-0.2, 0) is 0 Å². The van der Waals surface area contributed by atoms with E-state index in [1.54, 1.807) is 0 Å². The molecule has 0 spiro atoms. The van der Waals surface area contributed by atoms with Crippen molar-refractivity contribution in [3.63, 3.8) is 0 Å².